The van der Waals surface area contributed by atoms with Crippen molar-refractivity contribution < 1.29 is 27.5 Å². The molecule has 0 radical (unpaired) electrons. The van der Waals surface area contributed by atoms with Gasteiger partial charge in [0, 0.05) is 37.8 Å². The van der Waals surface area contributed by atoms with Gasteiger partial charge in [-0.25, -0.2) is 4.79 Å². The number of carbonyl (C=O) groups excluding carboxylic acids is 2. The fraction of sp³-hybridized carbons (Fsp3) is 0.556. The van der Waals surface area contributed by atoms with Crippen LogP contribution in [0.15, 0.2) is 24.3 Å². The van der Waals surface area contributed by atoms with E-state index in [-0.39, 0.29) is 36.7 Å². The Morgan fingerprint density at radius 1 is 1.22 bits per heavy atom. The number of nitrogens with one attached hydrogen (secondary N) is 2. The maximum atomic E-state index is 12.9. The van der Waals surface area contributed by atoms with Gasteiger partial charge in [0.25, 0.3) is 0 Å². The maximum Gasteiger partial charge on any atom is 0.418 e. The second-order valence-electron chi connectivity index (χ2n) is 6.25. The van der Waals surface area contributed by atoms with Gasteiger partial charge in [0.2, 0.25) is 5.91 Å². The number of para-hydroxylation sites is 1. The van der Waals surface area contributed by atoms with Crippen LogP contribution in [0.1, 0.15) is 31.7 Å². The van der Waals surface area contributed by atoms with Crippen LogP contribution in [-0.4, -0.2) is 49.2 Å². The van der Waals surface area contributed by atoms with Gasteiger partial charge in [0.1, 0.15) is 0 Å². The zero-order valence-electron chi connectivity index (χ0n) is 15.1. The molecule has 0 aliphatic carbocycles. The monoisotopic (exact) mass is 387 g/mol. The summed E-state index contributed by atoms with van der Waals surface area (Å²) in [5.74, 6) is -0.235. The van der Waals surface area contributed by atoms with Crippen molar-refractivity contribution in [1.82, 2.24) is 10.2 Å². The molecule has 0 atom stereocenters. The minimum absolute atomic E-state index is 0.0412. The molecule has 2 rings (SSSR count). The molecule has 2 N–H and O–H groups in total. The van der Waals surface area contributed by atoms with Gasteiger partial charge in [0.15, 0.2) is 0 Å². The van der Waals surface area contributed by atoms with Crippen LogP contribution in [-0.2, 0) is 15.7 Å². The summed E-state index contributed by atoms with van der Waals surface area (Å²) >= 11 is 0. The van der Waals surface area contributed by atoms with Crippen LogP contribution in [0.2, 0.25) is 0 Å². The molecule has 0 unspecified atom stereocenters. The lowest BCUT2D eigenvalue weighted by molar-refractivity contribution is -0.137. The Bertz CT molecular complexity index is 644. The average Bonchev–Trinajstić information content (AvgIpc) is 2.62. The highest BCUT2D eigenvalue weighted by molar-refractivity contribution is 5.77. The summed E-state index contributed by atoms with van der Waals surface area (Å²) in [4.78, 5) is 25.3. The molecule has 1 fully saturated rings. The number of piperidine rings is 1. The average molecular weight is 387 g/mol. The van der Waals surface area contributed by atoms with Crippen LogP contribution >= 0.6 is 0 Å². The zero-order chi connectivity index (χ0) is 19.9. The lowest BCUT2D eigenvalue weighted by Gasteiger charge is -2.31. The molecule has 150 valence electrons. The fourth-order valence-electron chi connectivity index (χ4n) is 2.92. The van der Waals surface area contributed by atoms with E-state index in [9.17, 15) is 22.8 Å². The van der Waals surface area contributed by atoms with E-state index in [1.54, 1.807) is 11.8 Å². The first kappa shape index (κ1) is 20.9. The van der Waals surface area contributed by atoms with E-state index in [1.807, 2.05) is 0 Å². The van der Waals surface area contributed by atoms with Crippen molar-refractivity contribution in [3.05, 3.63) is 29.8 Å². The number of rotatable bonds is 6. The predicted octanol–water partition coefficient (Wildman–Crippen LogP) is 3.24. The van der Waals surface area contributed by atoms with Gasteiger partial charge < -0.3 is 20.3 Å². The summed E-state index contributed by atoms with van der Waals surface area (Å²) < 4.78 is 43.7. The molecule has 0 saturated carbocycles. The highest BCUT2D eigenvalue weighted by Gasteiger charge is 2.33. The zero-order valence-corrected chi connectivity index (χ0v) is 15.1. The maximum absolute atomic E-state index is 12.9. The minimum atomic E-state index is -4.45. The van der Waals surface area contributed by atoms with E-state index in [2.05, 4.69) is 10.6 Å². The Morgan fingerprint density at radius 2 is 1.89 bits per heavy atom. The predicted molar refractivity (Wildman–Crippen MR) is 94.3 cm³/mol. The van der Waals surface area contributed by atoms with Crippen molar-refractivity contribution in [3.63, 3.8) is 0 Å². The number of hydrogen-bond donors (Lipinski definition) is 2. The molecule has 27 heavy (non-hydrogen) atoms. The van der Waals surface area contributed by atoms with E-state index >= 15 is 0 Å². The number of likely N-dealkylation sites (tertiary alicyclic amines) is 1. The van der Waals surface area contributed by atoms with E-state index in [1.165, 1.54) is 18.2 Å². The largest absolute Gasteiger partial charge is 0.450 e. The van der Waals surface area contributed by atoms with Crippen LogP contribution in [0, 0.1) is 0 Å². The smallest absolute Gasteiger partial charge is 0.418 e. The Hall–Kier alpha value is -2.45. The van der Waals surface area contributed by atoms with Crippen molar-refractivity contribution >= 4 is 17.7 Å². The number of halogens is 3. The summed E-state index contributed by atoms with van der Waals surface area (Å²) in [7, 11) is 0. The number of nitrogens with zero attached hydrogens (tertiary/aromatic N) is 1. The molecule has 1 saturated heterocycles. The third-order valence-corrected chi connectivity index (χ3v) is 4.29. The van der Waals surface area contributed by atoms with E-state index in [0.29, 0.717) is 32.5 Å². The summed E-state index contributed by atoms with van der Waals surface area (Å²) in [6.45, 7) is 3.16. The molecule has 1 aromatic carbocycles. The second-order valence-corrected chi connectivity index (χ2v) is 6.25. The summed E-state index contributed by atoms with van der Waals surface area (Å²) in [5.41, 5.74) is -0.794. The third-order valence-electron chi connectivity index (χ3n) is 4.29. The molecule has 1 aromatic rings. The number of hydrogen-bond acceptors (Lipinski definition) is 4. The molecular weight excluding hydrogens is 363 g/mol. The molecule has 6 nitrogen and oxygen atoms in total. The molecule has 0 bridgehead atoms. The Balaban J connectivity index is 1.73. The third kappa shape index (κ3) is 6.33. The summed E-state index contributed by atoms with van der Waals surface area (Å²) in [6, 6.07) is 5.12. The first-order valence-corrected chi connectivity index (χ1v) is 8.92. The number of amides is 2. The molecule has 1 heterocycles. The van der Waals surface area contributed by atoms with Gasteiger partial charge in [-0.2, -0.15) is 13.2 Å². The first-order chi connectivity index (χ1) is 12.8. The molecule has 0 aromatic heterocycles. The molecule has 9 heteroatoms. The van der Waals surface area contributed by atoms with Crippen molar-refractivity contribution in [2.75, 3.05) is 31.6 Å². The number of carbonyl (C=O) groups is 2. The Kier molecular flexibility index (Phi) is 7.32. The number of ether oxygens (including phenoxy) is 1. The van der Waals surface area contributed by atoms with Gasteiger partial charge in [-0.15, -0.1) is 0 Å². The van der Waals surface area contributed by atoms with Gasteiger partial charge in [-0.1, -0.05) is 12.1 Å². The van der Waals surface area contributed by atoms with Gasteiger partial charge in [0.05, 0.1) is 12.2 Å². The van der Waals surface area contributed by atoms with Crippen LogP contribution < -0.4 is 10.6 Å². The van der Waals surface area contributed by atoms with Gasteiger partial charge in [-0.05, 0) is 31.9 Å². The van der Waals surface area contributed by atoms with Gasteiger partial charge >= 0.3 is 12.3 Å². The van der Waals surface area contributed by atoms with Crippen molar-refractivity contribution in [3.8, 4) is 0 Å². The van der Waals surface area contributed by atoms with Crippen molar-refractivity contribution in [1.29, 1.82) is 0 Å². The molecule has 1 aliphatic heterocycles. The second kappa shape index (κ2) is 9.48. The lowest BCUT2D eigenvalue weighted by Crippen LogP contribution is -2.46. The Morgan fingerprint density at radius 3 is 2.52 bits per heavy atom. The summed E-state index contributed by atoms with van der Waals surface area (Å²) in [5, 5.41) is 5.54. The van der Waals surface area contributed by atoms with E-state index in [4.69, 9.17) is 4.74 Å². The number of benzene rings is 1. The van der Waals surface area contributed by atoms with E-state index < -0.39 is 11.7 Å². The highest BCUT2D eigenvalue weighted by atomic mass is 19.4. The fourth-order valence-corrected chi connectivity index (χ4v) is 2.92. The Labute approximate surface area is 156 Å². The van der Waals surface area contributed by atoms with Crippen molar-refractivity contribution in [2.45, 2.75) is 38.4 Å². The molecular formula is C18H24F3N3O3. The molecule has 0 spiro atoms. The topological polar surface area (TPSA) is 70.7 Å². The van der Waals surface area contributed by atoms with E-state index in [0.717, 1.165) is 6.07 Å². The highest BCUT2D eigenvalue weighted by Crippen LogP contribution is 2.34. The van der Waals surface area contributed by atoms with Gasteiger partial charge in [-0.3, -0.25) is 4.79 Å². The standard InChI is InChI=1S/C18H24F3N3O3/c1-2-27-17(26)24-11-8-13(9-12-24)23-16(25)7-10-22-15-6-4-3-5-14(15)18(19,20)21/h3-6,13,22H,2,7-12H2,1H3,(H,23,25). The molecule has 1 aliphatic rings. The van der Waals surface area contributed by atoms with Crippen LogP contribution in [0.5, 0.6) is 0 Å². The number of anilines is 1. The normalized spacial score (nSPS) is 15.3. The molecule has 2 amide bonds. The minimum Gasteiger partial charge on any atom is -0.450 e. The first-order valence-electron chi connectivity index (χ1n) is 8.92. The quantitative estimate of drug-likeness (QED) is 0.786. The number of alkyl halides is 3. The summed E-state index contributed by atoms with van der Waals surface area (Å²) in [6.07, 6.45) is -3.50. The lowest BCUT2D eigenvalue weighted by atomic mass is 10.1. The van der Waals surface area contributed by atoms with Crippen LogP contribution in [0.25, 0.3) is 0 Å². The SMILES string of the molecule is CCOC(=O)N1CCC(NC(=O)CCNc2ccccc2C(F)(F)F)CC1. The van der Waals surface area contributed by atoms with Crippen LogP contribution in [0.3, 0.4) is 0 Å². The van der Waals surface area contributed by atoms with Crippen LogP contribution in [0.4, 0.5) is 23.7 Å². The van der Waals surface area contributed by atoms with Crippen molar-refractivity contribution in [2.24, 2.45) is 0 Å².